The van der Waals surface area contributed by atoms with Gasteiger partial charge in [0.15, 0.2) is 9.75 Å². The lowest BCUT2D eigenvalue weighted by Gasteiger charge is -2.50. The lowest BCUT2D eigenvalue weighted by molar-refractivity contribution is -0.138. The molecule has 2 heterocycles. The van der Waals surface area contributed by atoms with Crippen LogP contribution in [0.25, 0.3) is 0 Å². The molecule has 0 aromatic heterocycles. The molecule has 39 heavy (non-hydrogen) atoms. The first-order chi connectivity index (χ1) is 18.3. The molecule has 3 fully saturated rings. The summed E-state index contributed by atoms with van der Waals surface area (Å²) in [5, 5.41) is 11.4. The molecule has 202 valence electrons. The number of benzene rings is 2. The monoisotopic (exact) mass is 650 g/mol. The van der Waals surface area contributed by atoms with Gasteiger partial charge in [-0.05, 0) is 61.6 Å². The summed E-state index contributed by atoms with van der Waals surface area (Å²) in [6.07, 6.45) is 1.93. The molecule has 4 aliphatic rings. The van der Waals surface area contributed by atoms with Crippen molar-refractivity contribution in [3.8, 4) is 5.75 Å². The van der Waals surface area contributed by atoms with E-state index in [2.05, 4.69) is 15.9 Å². The van der Waals surface area contributed by atoms with Crippen LogP contribution in [0, 0.1) is 24.7 Å². The van der Waals surface area contributed by atoms with E-state index in [-0.39, 0.29) is 24.5 Å². The maximum atomic E-state index is 14.0. The fourth-order valence-corrected chi connectivity index (χ4v) is 8.39. The van der Waals surface area contributed by atoms with E-state index in [0.717, 1.165) is 15.4 Å². The van der Waals surface area contributed by atoms with Gasteiger partial charge < -0.3 is 5.11 Å². The van der Waals surface area contributed by atoms with Crippen LogP contribution >= 0.6 is 50.7 Å². The molecule has 2 aromatic carbocycles. The first kappa shape index (κ1) is 26.8. The zero-order valence-corrected chi connectivity index (χ0v) is 24.6. The van der Waals surface area contributed by atoms with Crippen molar-refractivity contribution in [1.82, 2.24) is 4.90 Å². The van der Waals surface area contributed by atoms with Crippen molar-refractivity contribution in [2.45, 2.75) is 35.4 Å². The fraction of sp³-hybridized carbons (Fsp3) is 0.357. The van der Waals surface area contributed by atoms with Gasteiger partial charge in [0.1, 0.15) is 5.75 Å². The summed E-state index contributed by atoms with van der Waals surface area (Å²) in [5.74, 6) is -5.50. The molecule has 0 spiro atoms. The molecule has 4 amide bonds. The van der Waals surface area contributed by atoms with Crippen LogP contribution in [-0.4, -0.2) is 50.4 Å². The maximum absolute atomic E-state index is 14.0. The Balaban J connectivity index is 1.53. The molecule has 6 atom stereocenters. The number of carbonyl (C=O) groups is 4. The predicted molar refractivity (Wildman–Crippen MR) is 150 cm³/mol. The topological polar surface area (TPSA) is 95.0 Å². The number of fused-ring (bicyclic) bond motifs is 4. The van der Waals surface area contributed by atoms with Gasteiger partial charge in [-0.1, -0.05) is 45.2 Å². The third kappa shape index (κ3) is 3.41. The first-order valence-corrected chi connectivity index (χ1v) is 14.3. The number of alkyl halides is 2. The normalized spacial score (nSPS) is 33.7. The number of imide groups is 2. The van der Waals surface area contributed by atoms with Crippen molar-refractivity contribution in [3.63, 3.8) is 0 Å². The van der Waals surface area contributed by atoms with Gasteiger partial charge >= 0.3 is 0 Å². The number of phenols is 1. The highest BCUT2D eigenvalue weighted by molar-refractivity contribution is 9.10. The number of hydrogen-bond acceptors (Lipinski definition) is 5. The van der Waals surface area contributed by atoms with Crippen LogP contribution in [0.4, 0.5) is 5.69 Å². The molecule has 6 unspecified atom stereocenters. The molecule has 2 aromatic rings. The number of anilines is 1. The number of nitrogens with zero attached hydrogens (tertiary/aromatic N) is 2. The molecule has 7 nitrogen and oxygen atoms in total. The fourth-order valence-electron chi connectivity index (χ4n) is 6.82. The summed E-state index contributed by atoms with van der Waals surface area (Å²) in [7, 11) is 1.32. The second-order valence-electron chi connectivity index (χ2n) is 10.6. The molecule has 2 aliphatic heterocycles. The SMILES string of the molecule is Cc1ccc(N2C(=O)C3CC=C4C(CC5(Cl)C(=O)N(C)C(=O)C5(Cl)C4c4cc(Br)ccc4O)C3C2=O)cc1Cl. The second kappa shape index (κ2) is 8.80. The average molecular weight is 653 g/mol. The van der Waals surface area contributed by atoms with E-state index in [1.54, 1.807) is 30.3 Å². The minimum absolute atomic E-state index is 0.118. The highest BCUT2D eigenvalue weighted by Crippen LogP contribution is 2.66. The quantitative estimate of drug-likeness (QED) is 0.270. The van der Waals surface area contributed by atoms with E-state index in [1.807, 2.05) is 13.0 Å². The number of hydrogen-bond donors (Lipinski definition) is 1. The lowest BCUT2D eigenvalue weighted by atomic mass is 9.56. The van der Waals surface area contributed by atoms with Gasteiger partial charge in [-0.15, -0.1) is 23.2 Å². The maximum Gasteiger partial charge on any atom is 0.253 e. The zero-order chi connectivity index (χ0) is 28.2. The first-order valence-electron chi connectivity index (χ1n) is 12.4. The Bertz CT molecular complexity index is 1550. The van der Waals surface area contributed by atoms with E-state index >= 15 is 0 Å². The Morgan fingerprint density at radius 3 is 2.41 bits per heavy atom. The number of carbonyl (C=O) groups excluding carboxylic acids is 4. The molecular formula is C28H22BrCl3N2O5. The van der Waals surface area contributed by atoms with Crippen LogP contribution in [-0.2, 0) is 19.2 Å². The Kier molecular flexibility index (Phi) is 6.05. The van der Waals surface area contributed by atoms with Crippen molar-refractivity contribution in [1.29, 1.82) is 0 Å². The largest absolute Gasteiger partial charge is 0.508 e. The number of halogens is 4. The number of rotatable bonds is 2. The van der Waals surface area contributed by atoms with Gasteiger partial charge in [0.2, 0.25) is 11.8 Å². The molecule has 0 bridgehead atoms. The Labute approximate surface area is 247 Å². The number of likely N-dealkylation sites (tertiary alicyclic amines) is 1. The number of aryl methyl sites for hydroxylation is 1. The van der Waals surface area contributed by atoms with E-state index in [9.17, 15) is 24.3 Å². The minimum atomic E-state index is -1.95. The summed E-state index contributed by atoms with van der Waals surface area (Å²) >= 11 is 24.0. The summed E-state index contributed by atoms with van der Waals surface area (Å²) in [6, 6.07) is 9.73. The van der Waals surface area contributed by atoms with Crippen molar-refractivity contribution >= 4 is 80.0 Å². The molecule has 1 N–H and O–H groups in total. The standard InChI is InChI=1S/C28H22BrCl3N2O5/c1-12-3-5-14(10-19(12)30)34-23(36)16-7-6-15-18(21(16)24(34)37)11-27(31)25(38)33(2)26(39)28(27,32)22(15)17-9-13(29)4-8-20(17)35/h3-6,8-10,16,18,21-22,35H,7,11H2,1-2H3. The van der Waals surface area contributed by atoms with Gasteiger partial charge in [0.25, 0.3) is 11.8 Å². The van der Waals surface area contributed by atoms with Gasteiger partial charge in [-0.2, -0.15) is 0 Å². The summed E-state index contributed by atoms with van der Waals surface area (Å²) in [5.41, 5.74) is 2.08. The summed E-state index contributed by atoms with van der Waals surface area (Å²) < 4.78 is 0.617. The van der Waals surface area contributed by atoms with Crippen molar-refractivity contribution < 1.29 is 24.3 Å². The van der Waals surface area contributed by atoms with Crippen LogP contribution < -0.4 is 4.90 Å². The van der Waals surface area contributed by atoms with E-state index in [4.69, 9.17) is 34.8 Å². The number of aromatic hydroxyl groups is 1. The van der Waals surface area contributed by atoms with E-state index < -0.39 is 51.1 Å². The van der Waals surface area contributed by atoms with Crippen LogP contribution in [0.2, 0.25) is 5.02 Å². The van der Waals surface area contributed by atoms with Crippen LogP contribution in [0.15, 0.2) is 52.5 Å². The van der Waals surface area contributed by atoms with Crippen molar-refractivity contribution in [2.24, 2.45) is 17.8 Å². The third-order valence-corrected chi connectivity index (χ3v) is 11.0. The Hall–Kier alpha value is -2.39. The Morgan fingerprint density at radius 1 is 1.00 bits per heavy atom. The summed E-state index contributed by atoms with van der Waals surface area (Å²) in [4.78, 5) is 52.9. The second-order valence-corrected chi connectivity index (χ2v) is 13.2. The molecule has 0 radical (unpaired) electrons. The number of amides is 4. The predicted octanol–water partition coefficient (Wildman–Crippen LogP) is 5.31. The zero-order valence-electron chi connectivity index (χ0n) is 20.8. The van der Waals surface area contributed by atoms with Gasteiger partial charge in [0.05, 0.1) is 17.5 Å². The Morgan fingerprint density at radius 2 is 1.72 bits per heavy atom. The van der Waals surface area contributed by atoms with Gasteiger partial charge in [-0.25, -0.2) is 4.90 Å². The van der Waals surface area contributed by atoms with E-state index in [1.165, 1.54) is 13.1 Å². The highest BCUT2D eigenvalue weighted by atomic mass is 79.9. The molecule has 2 aliphatic carbocycles. The molecular weight excluding hydrogens is 631 g/mol. The van der Waals surface area contributed by atoms with Crippen LogP contribution in [0.3, 0.4) is 0 Å². The molecule has 11 heteroatoms. The van der Waals surface area contributed by atoms with Crippen molar-refractivity contribution in [2.75, 3.05) is 11.9 Å². The molecule has 6 rings (SSSR count). The van der Waals surface area contributed by atoms with Gasteiger partial charge in [0, 0.05) is 28.0 Å². The minimum Gasteiger partial charge on any atom is -0.508 e. The van der Waals surface area contributed by atoms with Crippen LogP contribution in [0.1, 0.15) is 29.9 Å². The number of allylic oxidation sites excluding steroid dienone is 2. The highest BCUT2D eigenvalue weighted by Gasteiger charge is 2.76. The van der Waals surface area contributed by atoms with Crippen molar-refractivity contribution in [3.05, 3.63) is 68.7 Å². The molecule has 1 saturated carbocycles. The van der Waals surface area contributed by atoms with Gasteiger partial charge in [-0.3, -0.25) is 24.1 Å². The number of phenolic OH excluding ortho intramolecular Hbond substituents is 1. The average Bonchev–Trinajstić information content (AvgIpc) is 3.22. The van der Waals surface area contributed by atoms with E-state index in [0.29, 0.717) is 26.3 Å². The lowest BCUT2D eigenvalue weighted by Crippen LogP contribution is -2.60. The molecule has 2 saturated heterocycles. The smallest absolute Gasteiger partial charge is 0.253 e. The van der Waals surface area contributed by atoms with Crippen LogP contribution in [0.5, 0.6) is 5.75 Å². The summed E-state index contributed by atoms with van der Waals surface area (Å²) in [6.45, 7) is 1.82. The third-order valence-electron chi connectivity index (χ3n) is 8.73.